The topological polar surface area (TPSA) is 90.0 Å². The molecule has 0 bridgehead atoms. The highest BCUT2D eigenvalue weighted by Crippen LogP contribution is 2.38. The number of nitrogens with zero attached hydrogens (tertiary/aromatic N) is 3. The molecule has 0 amide bonds. The number of hydrogen-bond donors (Lipinski definition) is 1. The molecule has 0 spiro atoms. The summed E-state index contributed by atoms with van der Waals surface area (Å²) in [6.45, 7) is 10.1. The van der Waals surface area contributed by atoms with Crippen molar-refractivity contribution < 1.29 is 13.8 Å². The summed E-state index contributed by atoms with van der Waals surface area (Å²) >= 11 is 0. The van der Waals surface area contributed by atoms with Crippen LogP contribution in [0.1, 0.15) is 29.8 Å². The molecule has 4 rings (SSSR count). The van der Waals surface area contributed by atoms with Gasteiger partial charge < -0.3 is 18.8 Å². The van der Waals surface area contributed by atoms with Crippen molar-refractivity contribution in [3.8, 4) is 28.3 Å². The molecule has 0 aliphatic carbocycles. The summed E-state index contributed by atoms with van der Waals surface area (Å²) in [6.07, 6.45) is 0. The molecule has 0 aliphatic rings. The van der Waals surface area contributed by atoms with E-state index in [1.54, 1.807) is 0 Å². The Bertz CT molecular complexity index is 1060. The number of fused-ring (bicyclic) bond motifs is 1. The van der Waals surface area contributed by atoms with Gasteiger partial charge in [0.15, 0.2) is 0 Å². The molecule has 0 atom stereocenters. The second-order valence-electron chi connectivity index (χ2n) is 6.29. The largest absolute Gasteiger partial charge is 0.465 e. The highest BCUT2D eigenvalue weighted by molar-refractivity contribution is 5.97. The Kier molecular flexibility index (Phi) is 3.79. The molecule has 4 aromatic rings. The maximum Gasteiger partial charge on any atom is 0.294 e. The summed E-state index contributed by atoms with van der Waals surface area (Å²) < 4.78 is 16.3. The van der Waals surface area contributed by atoms with E-state index in [9.17, 15) is 0 Å². The minimum absolute atomic E-state index is 0.492. The minimum Gasteiger partial charge on any atom is -0.465 e. The average molecular weight is 352 g/mol. The fourth-order valence-corrected chi connectivity index (χ4v) is 3.40. The molecular weight excluding hydrogens is 332 g/mol. The molecule has 1 aromatic carbocycles. The zero-order chi connectivity index (χ0) is 18.4. The molecule has 3 aromatic heterocycles. The van der Waals surface area contributed by atoms with Gasteiger partial charge in [-0.3, -0.25) is 0 Å². The van der Waals surface area contributed by atoms with Gasteiger partial charge in [-0.25, -0.2) is 0 Å². The Balaban J connectivity index is 2.04. The predicted octanol–water partition coefficient (Wildman–Crippen LogP) is 4.51. The molecule has 1 N–H and O–H groups in total. The molecule has 134 valence electrons. The Labute approximate surface area is 150 Å². The quantitative estimate of drug-likeness (QED) is 0.581. The highest BCUT2D eigenvalue weighted by atomic mass is 16.5. The average Bonchev–Trinajstić information content (AvgIpc) is 3.25. The molecule has 26 heavy (non-hydrogen) atoms. The molecule has 3 heterocycles. The molecule has 0 unspecified atom stereocenters. The first-order valence-corrected chi connectivity index (χ1v) is 8.52. The molecule has 7 nitrogen and oxygen atoms in total. The fraction of sp³-hybridized carbons (Fsp3) is 0.316. The lowest BCUT2D eigenvalue weighted by atomic mass is 9.96. The normalized spacial score (nSPS) is 11.4. The van der Waals surface area contributed by atoms with Crippen LogP contribution in [0, 0.1) is 27.7 Å². The van der Waals surface area contributed by atoms with Crippen LogP contribution in [-0.4, -0.2) is 26.9 Å². The summed E-state index contributed by atoms with van der Waals surface area (Å²) in [6, 6.07) is 4.61. The zero-order valence-corrected chi connectivity index (χ0v) is 15.4. The first-order valence-electron chi connectivity index (χ1n) is 8.52. The zero-order valence-electron chi connectivity index (χ0n) is 15.4. The Morgan fingerprint density at radius 3 is 2.19 bits per heavy atom. The third-order valence-electron chi connectivity index (χ3n) is 4.47. The van der Waals surface area contributed by atoms with E-state index in [1.807, 2.05) is 40.7 Å². The van der Waals surface area contributed by atoms with Gasteiger partial charge >= 0.3 is 0 Å². The Morgan fingerprint density at radius 1 is 0.962 bits per heavy atom. The van der Waals surface area contributed by atoms with Gasteiger partial charge in [-0.05, 0) is 52.3 Å². The van der Waals surface area contributed by atoms with E-state index in [1.165, 1.54) is 0 Å². The third kappa shape index (κ3) is 2.47. The second-order valence-corrected chi connectivity index (χ2v) is 6.29. The first-order chi connectivity index (χ1) is 12.5. The number of H-pyrrole nitrogens is 1. The van der Waals surface area contributed by atoms with Crippen LogP contribution in [0.2, 0.25) is 0 Å². The molecule has 0 saturated carbocycles. The number of aromatic amines is 1. The molecular formula is C19H20N4O3. The smallest absolute Gasteiger partial charge is 0.294 e. The van der Waals surface area contributed by atoms with Crippen LogP contribution >= 0.6 is 0 Å². The van der Waals surface area contributed by atoms with Crippen molar-refractivity contribution >= 4 is 11.0 Å². The van der Waals surface area contributed by atoms with Gasteiger partial charge in [0.1, 0.15) is 17.0 Å². The van der Waals surface area contributed by atoms with Crippen molar-refractivity contribution in [2.24, 2.45) is 0 Å². The standard InChI is InChI=1S/C19H20N4O3/c1-6-24-19-20-15-8-13(16-9(2)22-25-11(16)4)7-14(18(15)21-19)17-10(3)23-26-12(17)5/h7-8H,6H2,1-5H3,(H,20,21). The Hall–Kier alpha value is -3.09. The van der Waals surface area contributed by atoms with Crippen LogP contribution in [0.25, 0.3) is 33.3 Å². The van der Waals surface area contributed by atoms with Crippen molar-refractivity contribution in [3.05, 3.63) is 35.0 Å². The molecule has 0 fully saturated rings. The predicted molar refractivity (Wildman–Crippen MR) is 97.2 cm³/mol. The number of benzene rings is 1. The van der Waals surface area contributed by atoms with E-state index in [-0.39, 0.29) is 0 Å². The number of imidazole rings is 1. The monoisotopic (exact) mass is 352 g/mol. The number of ether oxygens (including phenoxy) is 1. The van der Waals surface area contributed by atoms with Crippen molar-refractivity contribution in [2.45, 2.75) is 34.6 Å². The van der Waals surface area contributed by atoms with Crippen molar-refractivity contribution in [1.29, 1.82) is 0 Å². The van der Waals surface area contributed by atoms with E-state index < -0.39 is 0 Å². The fourth-order valence-electron chi connectivity index (χ4n) is 3.40. The maximum absolute atomic E-state index is 5.57. The number of aryl methyl sites for hydroxylation is 4. The highest BCUT2D eigenvalue weighted by Gasteiger charge is 2.21. The van der Waals surface area contributed by atoms with E-state index in [4.69, 9.17) is 13.8 Å². The lowest BCUT2D eigenvalue weighted by Crippen LogP contribution is -1.92. The summed E-state index contributed by atoms with van der Waals surface area (Å²) in [5.41, 5.74) is 7.22. The summed E-state index contributed by atoms with van der Waals surface area (Å²) in [5, 5.41) is 8.17. The van der Waals surface area contributed by atoms with Crippen LogP contribution in [0.15, 0.2) is 21.2 Å². The van der Waals surface area contributed by atoms with Crippen LogP contribution in [-0.2, 0) is 0 Å². The molecule has 0 aliphatic heterocycles. The van der Waals surface area contributed by atoms with Gasteiger partial charge in [0, 0.05) is 16.7 Å². The lowest BCUT2D eigenvalue weighted by Gasteiger charge is -2.07. The SMILES string of the molecule is CCOc1nc2c(-c3c(C)noc3C)cc(-c3c(C)noc3C)cc2[nH]1. The van der Waals surface area contributed by atoms with Crippen LogP contribution in [0.4, 0.5) is 0 Å². The van der Waals surface area contributed by atoms with Gasteiger partial charge in [-0.2, -0.15) is 4.98 Å². The van der Waals surface area contributed by atoms with E-state index in [0.29, 0.717) is 12.6 Å². The Morgan fingerprint density at radius 2 is 1.62 bits per heavy atom. The summed E-state index contributed by atoms with van der Waals surface area (Å²) in [7, 11) is 0. The van der Waals surface area contributed by atoms with Gasteiger partial charge in [0.25, 0.3) is 6.01 Å². The molecule has 7 heteroatoms. The first kappa shape index (κ1) is 16.4. The third-order valence-corrected chi connectivity index (χ3v) is 4.47. The number of aromatic nitrogens is 4. The summed E-state index contributed by atoms with van der Waals surface area (Å²) in [4.78, 5) is 7.87. The molecule has 0 radical (unpaired) electrons. The lowest BCUT2D eigenvalue weighted by molar-refractivity contribution is 0.317. The van der Waals surface area contributed by atoms with E-state index in [0.717, 1.165) is 56.2 Å². The number of hydrogen-bond acceptors (Lipinski definition) is 6. The van der Waals surface area contributed by atoms with E-state index >= 15 is 0 Å². The van der Waals surface area contributed by atoms with Gasteiger partial charge in [-0.1, -0.05) is 10.3 Å². The maximum atomic E-state index is 5.57. The van der Waals surface area contributed by atoms with Crippen LogP contribution in [0.3, 0.4) is 0 Å². The minimum atomic E-state index is 0.492. The molecule has 0 saturated heterocycles. The van der Waals surface area contributed by atoms with Crippen molar-refractivity contribution in [1.82, 2.24) is 20.3 Å². The van der Waals surface area contributed by atoms with Crippen molar-refractivity contribution in [3.63, 3.8) is 0 Å². The van der Waals surface area contributed by atoms with Crippen LogP contribution < -0.4 is 4.74 Å². The van der Waals surface area contributed by atoms with E-state index in [2.05, 4.69) is 26.3 Å². The van der Waals surface area contributed by atoms with Gasteiger partial charge in [0.2, 0.25) is 0 Å². The van der Waals surface area contributed by atoms with Crippen LogP contribution in [0.5, 0.6) is 6.01 Å². The van der Waals surface area contributed by atoms with Gasteiger partial charge in [-0.15, -0.1) is 0 Å². The van der Waals surface area contributed by atoms with Crippen molar-refractivity contribution in [2.75, 3.05) is 6.61 Å². The second kappa shape index (κ2) is 6.01. The summed E-state index contributed by atoms with van der Waals surface area (Å²) in [5.74, 6) is 1.52. The van der Waals surface area contributed by atoms with Gasteiger partial charge in [0.05, 0.1) is 23.5 Å². The number of rotatable bonds is 4. The number of nitrogens with one attached hydrogen (secondary N) is 1.